The number of halogens is 3. The minimum absolute atomic E-state index is 0.0145. The topological polar surface area (TPSA) is 34.1 Å². The third-order valence-electron chi connectivity index (χ3n) is 1.79. The van der Waals surface area contributed by atoms with Gasteiger partial charge in [-0.3, -0.25) is 0 Å². The Morgan fingerprint density at radius 1 is 1.44 bits per heavy atom. The largest absolute Gasteiger partial charge is 0.487 e. The number of rotatable bonds is 6. The van der Waals surface area contributed by atoms with E-state index in [0.29, 0.717) is 11.6 Å². The maximum Gasteiger partial charge on any atom is 0.441 e. The molecule has 0 fully saturated rings. The average molecular weight is 280 g/mol. The van der Waals surface area contributed by atoms with Crippen LogP contribution < -0.4 is 10.1 Å². The normalized spacial score (nSPS) is 11.7. The molecule has 3 nitrogen and oxygen atoms in total. The number of thioether (sulfide) groups is 1. The van der Waals surface area contributed by atoms with Crippen molar-refractivity contribution in [1.82, 2.24) is 4.98 Å². The van der Waals surface area contributed by atoms with Crippen molar-refractivity contribution in [2.45, 2.75) is 25.5 Å². The Bertz CT molecular complexity index is 372. The molecule has 0 amide bonds. The monoisotopic (exact) mass is 280 g/mol. The molecule has 0 bridgehead atoms. The fraction of sp³-hybridized carbons (Fsp3) is 0.545. The molecule has 0 radical (unpaired) electrons. The lowest BCUT2D eigenvalue weighted by Gasteiger charge is -2.14. The second-order valence-corrected chi connectivity index (χ2v) is 4.90. The van der Waals surface area contributed by atoms with Crippen molar-refractivity contribution in [2.75, 3.05) is 17.6 Å². The zero-order valence-electron chi connectivity index (χ0n) is 10.1. The number of aromatic nitrogens is 1. The van der Waals surface area contributed by atoms with Gasteiger partial charge in [-0.05, 0) is 37.7 Å². The summed E-state index contributed by atoms with van der Waals surface area (Å²) >= 11 is -0.0585. The van der Waals surface area contributed by atoms with E-state index in [1.807, 2.05) is 13.8 Å². The number of alkyl halides is 3. The van der Waals surface area contributed by atoms with Crippen LogP contribution in [0.25, 0.3) is 0 Å². The van der Waals surface area contributed by atoms with Gasteiger partial charge >= 0.3 is 5.51 Å². The van der Waals surface area contributed by atoms with Crippen LogP contribution in [0, 0.1) is 0 Å². The minimum Gasteiger partial charge on any atom is -0.487 e. The van der Waals surface area contributed by atoms with E-state index in [1.54, 1.807) is 18.3 Å². The molecule has 1 rings (SSSR count). The molecule has 18 heavy (non-hydrogen) atoms. The second kappa shape index (κ2) is 6.72. The van der Waals surface area contributed by atoms with E-state index in [9.17, 15) is 13.2 Å². The molecule has 0 saturated carbocycles. The highest BCUT2D eigenvalue weighted by Gasteiger charge is 2.27. The Morgan fingerprint density at radius 2 is 2.17 bits per heavy atom. The lowest BCUT2D eigenvalue weighted by Crippen LogP contribution is -2.13. The number of nitrogens with zero attached hydrogens (tertiary/aromatic N) is 1. The molecule has 0 saturated heterocycles. The van der Waals surface area contributed by atoms with Crippen LogP contribution in [0.15, 0.2) is 18.3 Å². The Kier molecular flexibility index (Phi) is 5.58. The van der Waals surface area contributed by atoms with Crippen LogP contribution in [0.4, 0.5) is 19.0 Å². The molecule has 1 aromatic rings. The van der Waals surface area contributed by atoms with Crippen LogP contribution in [0.3, 0.4) is 0 Å². The quantitative estimate of drug-likeness (QED) is 0.808. The van der Waals surface area contributed by atoms with Crippen LogP contribution in [0.5, 0.6) is 5.75 Å². The van der Waals surface area contributed by atoms with Gasteiger partial charge < -0.3 is 10.1 Å². The highest BCUT2D eigenvalue weighted by molar-refractivity contribution is 8.00. The predicted octanol–water partition coefficient (Wildman–Crippen LogP) is 3.53. The summed E-state index contributed by atoms with van der Waals surface area (Å²) in [5, 5.41) is 2.83. The van der Waals surface area contributed by atoms with Crippen LogP contribution in [-0.4, -0.2) is 28.9 Å². The summed E-state index contributed by atoms with van der Waals surface area (Å²) in [6.45, 7) is 3.92. The molecule has 0 atom stereocenters. The third-order valence-corrected chi connectivity index (χ3v) is 2.53. The summed E-state index contributed by atoms with van der Waals surface area (Å²) in [7, 11) is 0. The van der Waals surface area contributed by atoms with E-state index in [0.717, 1.165) is 0 Å². The molecule has 0 aliphatic carbocycles. The van der Waals surface area contributed by atoms with E-state index < -0.39 is 5.51 Å². The molecule has 0 spiro atoms. The minimum atomic E-state index is -4.19. The molecule has 7 heteroatoms. The van der Waals surface area contributed by atoms with Gasteiger partial charge in [0.1, 0.15) is 0 Å². The molecular formula is C11H15F3N2OS. The summed E-state index contributed by atoms with van der Waals surface area (Å²) in [5.41, 5.74) is -4.19. The van der Waals surface area contributed by atoms with E-state index in [2.05, 4.69) is 10.3 Å². The molecule has 1 N–H and O–H groups in total. The summed E-state index contributed by atoms with van der Waals surface area (Å²) < 4.78 is 41.3. The van der Waals surface area contributed by atoms with Crippen LogP contribution in [0.2, 0.25) is 0 Å². The standard InChI is InChI=1S/C11H15F3N2OS/c1-8(2)17-9-4-3-5-15-10(9)16-6-7-18-11(12,13)14/h3-5,8H,6-7H2,1-2H3,(H,15,16). The first kappa shape index (κ1) is 14.9. The van der Waals surface area contributed by atoms with Crippen molar-refractivity contribution in [1.29, 1.82) is 0 Å². The van der Waals surface area contributed by atoms with Gasteiger partial charge in [0.25, 0.3) is 0 Å². The summed E-state index contributed by atoms with van der Waals surface area (Å²) in [6, 6.07) is 3.44. The molecule has 0 aliphatic rings. The zero-order valence-corrected chi connectivity index (χ0v) is 10.9. The number of anilines is 1. The van der Waals surface area contributed by atoms with Gasteiger partial charge in [0.2, 0.25) is 0 Å². The molecule has 1 aromatic heterocycles. The summed E-state index contributed by atoms with van der Waals surface area (Å²) in [6.07, 6.45) is 1.55. The lowest BCUT2D eigenvalue weighted by molar-refractivity contribution is -0.0327. The first-order valence-electron chi connectivity index (χ1n) is 5.44. The molecule has 102 valence electrons. The van der Waals surface area contributed by atoms with E-state index in [4.69, 9.17) is 4.74 Å². The molecule has 0 aromatic carbocycles. The van der Waals surface area contributed by atoms with Gasteiger partial charge in [0, 0.05) is 18.5 Å². The van der Waals surface area contributed by atoms with Crippen molar-refractivity contribution >= 4 is 17.6 Å². The second-order valence-electron chi connectivity index (χ2n) is 3.74. The summed E-state index contributed by atoms with van der Waals surface area (Å²) in [4.78, 5) is 4.04. The van der Waals surface area contributed by atoms with Gasteiger partial charge in [-0.1, -0.05) is 0 Å². The molecule has 0 unspecified atom stereocenters. The Balaban J connectivity index is 2.46. The predicted molar refractivity (Wildman–Crippen MR) is 67.0 cm³/mol. The fourth-order valence-corrected chi connectivity index (χ4v) is 1.64. The SMILES string of the molecule is CC(C)Oc1cccnc1NCCSC(F)(F)F. The number of hydrogen-bond acceptors (Lipinski definition) is 4. The first-order chi connectivity index (χ1) is 8.38. The van der Waals surface area contributed by atoms with Crippen molar-refractivity contribution in [3.63, 3.8) is 0 Å². The highest BCUT2D eigenvalue weighted by atomic mass is 32.2. The highest BCUT2D eigenvalue weighted by Crippen LogP contribution is 2.30. The van der Waals surface area contributed by atoms with Gasteiger partial charge in [0.05, 0.1) is 6.10 Å². The fourth-order valence-electron chi connectivity index (χ4n) is 1.21. The van der Waals surface area contributed by atoms with Crippen molar-refractivity contribution in [3.05, 3.63) is 18.3 Å². The van der Waals surface area contributed by atoms with E-state index in [-0.39, 0.29) is 30.2 Å². The van der Waals surface area contributed by atoms with Gasteiger partial charge in [-0.2, -0.15) is 13.2 Å². The first-order valence-corrected chi connectivity index (χ1v) is 6.43. The van der Waals surface area contributed by atoms with Gasteiger partial charge in [0.15, 0.2) is 11.6 Å². The lowest BCUT2D eigenvalue weighted by atomic mass is 10.4. The number of nitrogens with one attached hydrogen (secondary N) is 1. The van der Waals surface area contributed by atoms with E-state index in [1.165, 1.54) is 0 Å². The number of ether oxygens (including phenoxy) is 1. The van der Waals surface area contributed by atoms with Crippen LogP contribution in [0.1, 0.15) is 13.8 Å². The van der Waals surface area contributed by atoms with Gasteiger partial charge in [-0.25, -0.2) is 4.98 Å². The maximum absolute atomic E-state index is 11.9. The average Bonchev–Trinajstić information content (AvgIpc) is 2.24. The van der Waals surface area contributed by atoms with Crippen molar-refractivity contribution in [2.24, 2.45) is 0 Å². The Morgan fingerprint density at radius 3 is 2.78 bits per heavy atom. The zero-order chi connectivity index (χ0) is 13.6. The smallest absolute Gasteiger partial charge is 0.441 e. The number of pyridine rings is 1. The Labute approximate surface area is 108 Å². The molecule has 1 heterocycles. The number of hydrogen-bond donors (Lipinski definition) is 1. The van der Waals surface area contributed by atoms with E-state index >= 15 is 0 Å². The van der Waals surface area contributed by atoms with Crippen LogP contribution >= 0.6 is 11.8 Å². The van der Waals surface area contributed by atoms with Gasteiger partial charge in [-0.15, -0.1) is 0 Å². The maximum atomic E-state index is 11.9. The Hall–Kier alpha value is -1.11. The van der Waals surface area contributed by atoms with Crippen LogP contribution in [-0.2, 0) is 0 Å². The summed E-state index contributed by atoms with van der Waals surface area (Å²) in [5.74, 6) is 0.944. The molecular weight excluding hydrogens is 265 g/mol. The third kappa shape index (κ3) is 6.00. The van der Waals surface area contributed by atoms with Crippen molar-refractivity contribution in [3.8, 4) is 5.75 Å². The van der Waals surface area contributed by atoms with Crippen molar-refractivity contribution < 1.29 is 17.9 Å². The molecule has 0 aliphatic heterocycles.